The van der Waals surface area contributed by atoms with Crippen LogP contribution in [-0.2, 0) is 4.79 Å². The van der Waals surface area contributed by atoms with Crippen molar-refractivity contribution in [1.29, 1.82) is 0 Å². The number of hydrogen-bond donors (Lipinski definition) is 2. The lowest BCUT2D eigenvalue weighted by molar-refractivity contribution is -0.142. The van der Waals surface area contributed by atoms with Crippen molar-refractivity contribution in [3.63, 3.8) is 0 Å². The number of carbonyl (C=O) groups excluding carboxylic acids is 1. The van der Waals surface area contributed by atoms with Gasteiger partial charge in [0.05, 0.1) is 11.5 Å². The number of hydrogen-bond acceptors (Lipinski definition) is 3. The Morgan fingerprint density at radius 3 is 2.47 bits per heavy atom. The van der Waals surface area contributed by atoms with Gasteiger partial charge in [0.25, 0.3) is 5.91 Å². The van der Waals surface area contributed by atoms with E-state index in [1.165, 1.54) is 6.26 Å². The van der Waals surface area contributed by atoms with Gasteiger partial charge < -0.3 is 14.8 Å². The molecule has 1 amide bonds. The maximum atomic E-state index is 11.8. The van der Waals surface area contributed by atoms with Gasteiger partial charge in [-0.1, -0.05) is 20.8 Å². The number of rotatable bonds is 5. The summed E-state index contributed by atoms with van der Waals surface area (Å²) in [6, 6.07) is 1.62. The highest BCUT2D eigenvalue weighted by Crippen LogP contribution is 2.24. The SMILES string of the molecule is Cc1cc(C(=O)NCC(CC(C)(C)C)C(=O)O)co1. The molecular formula is C14H21NO4. The maximum Gasteiger partial charge on any atom is 0.308 e. The van der Waals surface area contributed by atoms with Crippen LogP contribution in [-0.4, -0.2) is 23.5 Å². The van der Waals surface area contributed by atoms with Crippen LogP contribution in [0, 0.1) is 18.3 Å². The van der Waals surface area contributed by atoms with Crippen LogP contribution in [0.1, 0.15) is 43.3 Å². The van der Waals surface area contributed by atoms with Crippen LogP contribution in [0.4, 0.5) is 0 Å². The van der Waals surface area contributed by atoms with Crippen molar-refractivity contribution in [3.8, 4) is 0 Å². The van der Waals surface area contributed by atoms with E-state index in [0.29, 0.717) is 17.7 Å². The van der Waals surface area contributed by atoms with Gasteiger partial charge in [0.2, 0.25) is 0 Å². The summed E-state index contributed by atoms with van der Waals surface area (Å²) in [5.74, 6) is -1.14. The Labute approximate surface area is 113 Å². The summed E-state index contributed by atoms with van der Waals surface area (Å²) in [5, 5.41) is 11.8. The molecular weight excluding hydrogens is 246 g/mol. The van der Waals surface area contributed by atoms with E-state index < -0.39 is 11.9 Å². The number of amides is 1. The summed E-state index contributed by atoms with van der Waals surface area (Å²) in [7, 11) is 0. The maximum absolute atomic E-state index is 11.8. The standard InChI is InChI=1S/C14H21NO4/c1-9-5-10(8-19-9)12(16)15-7-11(13(17)18)6-14(2,3)4/h5,8,11H,6-7H2,1-4H3,(H,15,16)(H,17,18). The van der Waals surface area contributed by atoms with Crippen molar-refractivity contribution >= 4 is 11.9 Å². The minimum atomic E-state index is -0.890. The quantitative estimate of drug-likeness (QED) is 0.858. The average Bonchev–Trinajstić information content (AvgIpc) is 2.68. The third-order valence-electron chi connectivity index (χ3n) is 2.71. The average molecular weight is 267 g/mol. The lowest BCUT2D eigenvalue weighted by atomic mass is 9.84. The van der Waals surface area contributed by atoms with Crippen molar-refractivity contribution in [2.24, 2.45) is 11.3 Å². The molecule has 0 bridgehead atoms. The number of nitrogens with one attached hydrogen (secondary N) is 1. The molecule has 5 nitrogen and oxygen atoms in total. The lowest BCUT2D eigenvalue weighted by Crippen LogP contribution is -2.34. The fourth-order valence-electron chi connectivity index (χ4n) is 1.87. The van der Waals surface area contributed by atoms with Gasteiger partial charge >= 0.3 is 5.97 Å². The zero-order chi connectivity index (χ0) is 14.6. The largest absolute Gasteiger partial charge is 0.481 e. The Bertz CT molecular complexity index is 456. The van der Waals surface area contributed by atoms with Crippen LogP contribution in [0.3, 0.4) is 0 Å². The highest BCUT2D eigenvalue weighted by atomic mass is 16.4. The Balaban J connectivity index is 2.57. The number of carboxylic acids is 1. The predicted octanol–water partition coefficient (Wildman–Crippen LogP) is 2.45. The molecule has 0 spiro atoms. The highest BCUT2D eigenvalue weighted by molar-refractivity contribution is 5.94. The topological polar surface area (TPSA) is 79.5 Å². The van der Waals surface area contributed by atoms with Gasteiger partial charge in [-0.15, -0.1) is 0 Å². The molecule has 106 valence electrons. The fourth-order valence-corrected chi connectivity index (χ4v) is 1.87. The molecule has 0 aliphatic rings. The van der Waals surface area contributed by atoms with E-state index in [1.54, 1.807) is 13.0 Å². The van der Waals surface area contributed by atoms with E-state index >= 15 is 0 Å². The van der Waals surface area contributed by atoms with Gasteiger partial charge in [0, 0.05) is 6.54 Å². The molecule has 1 aromatic heterocycles. The smallest absolute Gasteiger partial charge is 0.308 e. The van der Waals surface area contributed by atoms with Crippen molar-refractivity contribution < 1.29 is 19.1 Å². The molecule has 2 N–H and O–H groups in total. The molecule has 0 aliphatic carbocycles. The molecule has 0 aromatic carbocycles. The van der Waals surface area contributed by atoms with E-state index in [-0.39, 0.29) is 17.9 Å². The van der Waals surface area contributed by atoms with Crippen LogP contribution >= 0.6 is 0 Å². The van der Waals surface area contributed by atoms with Crippen molar-refractivity contribution in [1.82, 2.24) is 5.32 Å². The summed E-state index contributed by atoms with van der Waals surface area (Å²) >= 11 is 0. The summed E-state index contributed by atoms with van der Waals surface area (Å²) in [6.45, 7) is 7.80. The van der Waals surface area contributed by atoms with Crippen LogP contribution in [0.2, 0.25) is 0 Å². The second-order valence-electron chi connectivity index (χ2n) is 5.96. The van der Waals surface area contributed by atoms with Crippen LogP contribution in [0.5, 0.6) is 0 Å². The Morgan fingerprint density at radius 1 is 1.42 bits per heavy atom. The summed E-state index contributed by atoms with van der Waals surface area (Å²) in [6.07, 6.45) is 1.87. The Morgan fingerprint density at radius 2 is 2.05 bits per heavy atom. The first kappa shape index (κ1) is 15.3. The van der Waals surface area contributed by atoms with E-state index in [1.807, 2.05) is 20.8 Å². The molecule has 5 heteroatoms. The molecule has 0 saturated heterocycles. The fraction of sp³-hybridized carbons (Fsp3) is 0.571. The second kappa shape index (κ2) is 5.91. The lowest BCUT2D eigenvalue weighted by Gasteiger charge is -2.23. The first-order chi connectivity index (χ1) is 8.69. The first-order valence-corrected chi connectivity index (χ1v) is 6.25. The van der Waals surface area contributed by atoms with E-state index in [4.69, 9.17) is 9.52 Å². The zero-order valence-electron chi connectivity index (χ0n) is 11.8. The van der Waals surface area contributed by atoms with Crippen molar-refractivity contribution in [2.75, 3.05) is 6.54 Å². The molecule has 1 rings (SSSR count). The van der Waals surface area contributed by atoms with Crippen LogP contribution in [0.15, 0.2) is 16.7 Å². The van der Waals surface area contributed by atoms with Gasteiger partial charge in [-0.2, -0.15) is 0 Å². The summed E-state index contributed by atoms with van der Waals surface area (Å²) in [5.41, 5.74) is 0.317. The van der Waals surface area contributed by atoms with Gasteiger partial charge in [-0.3, -0.25) is 9.59 Å². The third-order valence-corrected chi connectivity index (χ3v) is 2.71. The van der Waals surface area contributed by atoms with E-state index in [9.17, 15) is 9.59 Å². The number of carboxylic acid groups (broad SMARTS) is 1. The molecule has 1 aromatic rings. The molecule has 0 fully saturated rings. The minimum absolute atomic E-state index is 0.0972. The molecule has 1 atom stereocenters. The Hall–Kier alpha value is -1.78. The van der Waals surface area contributed by atoms with E-state index in [0.717, 1.165) is 0 Å². The second-order valence-corrected chi connectivity index (χ2v) is 5.96. The minimum Gasteiger partial charge on any atom is -0.481 e. The zero-order valence-corrected chi connectivity index (χ0v) is 11.8. The monoisotopic (exact) mass is 267 g/mol. The highest BCUT2D eigenvalue weighted by Gasteiger charge is 2.25. The summed E-state index contributed by atoms with van der Waals surface area (Å²) in [4.78, 5) is 22.9. The van der Waals surface area contributed by atoms with Crippen LogP contribution in [0.25, 0.3) is 0 Å². The number of aliphatic carboxylic acids is 1. The Kier molecular flexibility index (Phi) is 4.75. The molecule has 19 heavy (non-hydrogen) atoms. The van der Waals surface area contributed by atoms with Gasteiger partial charge in [0.1, 0.15) is 12.0 Å². The molecule has 0 saturated carbocycles. The van der Waals surface area contributed by atoms with Gasteiger partial charge in [-0.05, 0) is 24.8 Å². The first-order valence-electron chi connectivity index (χ1n) is 6.25. The van der Waals surface area contributed by atoms with Crippen LogP contribution < -0.4 is 5.32 Å². The number of aryl methyl sites for hydroxylation is 1. The number of furan rings is 1. The predicted molar refractivity (Wildman–Crippen MR) is 71.0 cm³/mol. The molecule has 0 aliphatic heterocycles. The van der Waals surface area contributed by atoms with Gasteiger partial charge in [-0.25, -0.2) is 0 Å². The number of carbonyl (C=O) groups is 2. The molecule has 1 heterocycles. The third kappa shape index (κ3) is 5.16. The van der Waals surface area contributed by atoms with Crippen molar-refractivity contribution in [3.05, 3.63) is 23.7 Å². The normalized spacial score (nSPS) is 13.1. The van der Waals surface area contributed by atoms with Crippen molar-refractivity contribution in [2.45, 2.75) is 34.1 Å². The molecule has 0 radical (unpaired) electrons. The molecule has 1 unspecified atom stereocenters. The van der Waals surface area contributed by atoms with E-state index in [2.05, 4.69) is 5.32 Å². The van der Waals surface area contributed by atoms with Gasteiger partial charge in [0.15, 0.2) is 0 Å². The summed E-state index contributed by atoms with van der Waals surface area (Å²) < 4.78 is 5.04.